The Morgan fingerprint density at radius 2 is 1.10 bits per heavy atom. The molecule has 1 aliphatic rings. The van der Waals surface area contributed by atoms with Crippen LogP contribution in [0, 0.1) is 0 Å². The smallest absolute Gasteiger partial charge is 0.136 e. The zero-order chi connectivity index (χ0) is 32.7. The second-order valence-electron chi connectivity index (χ2n) is 13.8. The lowest BCUT2D eigenvalue weighted by molar-refractivity contribution is 0.660. The van der Waals surface area contributed by atoms with Crippen molar-refractivity contribution in [2.75, 3.05) is 4.90 Å². The third-order valence-corrected chi connectivity index (χ3v) is 10.6. The van der Waals surface area contributed by atoms with E-state index < -0.39 is 0 Å². The minimum atomic E-state index is -0.122. The fourth-order valence-electron chi connectivity index (χ4n) is 8.20. The van der Waals surface area contributed by atoms with Gasteiger partial charge in [0.15, 0.2) is 0 Å². The monoisotopic (exact) mass is 627 g/mol. The van der Waals surface area contributed by atoms with E-state index in [0.29, 0.717) is 0 Å². The third-order valence-electron chi connectivity index (χ3n) is 10.6. The maximum Gasteiger partial charge on any atom is 0.136 e. The van der Waals surface area contributed by atoms with Crippen LogP contribution in [0.25, 0.3) is 65.7 Å². The van der Waals surface area contributed by atoms with Gasteiger partial charge < -0.3 is 9.32 Å². The molecule has 0 bridgehead atoms. The van der Waals surface area contributed by atoms with Crippen molar-refractivity contribution in [2.45, 2.75) is 19.3 Å². The van der Waals surface area contributed by atoms with E-state index in [4.69, 9.17) is 4.42 Å². The Bertz CT molecular complexity index is 2770. The van der Waals surface area contributed by atoms with Crippen LogP contribution in [0.1, 0.15) is 25.0 Å². The summed E-state index contributed by atoms with van der Waals surface area (Å²) < 4.78 is 6.51. The van der Waals surface area contributed by atoms with E-state index >= 15 is 0 Å². The Labute approximate surface area is 285 Å². The van der Waals surface area contributed by atoms with Crippen molar-refractivity contribution in [2.24, 2.45) is 0 Å². The van der Waals surface area contributed by atoms with Crippen LogP contribution >= 0.6 is 0 Å². The summed E-state index contributed by atoms with van der Waals surface area (Å²) in [6.45, 7) is 4.71. The molecule has 1 aromatic heterocycles. The first-order valence-electron chi connectivity index (χ1n) is 17.0. The topological polar surface area (TPSA) is 16.4 Å². The average molecular weight is 628 g/mol. The van der Waals surface area contributed by atoms with Gasteiger partial charge in [-0.3, -0.25) is 0 Å². The summed E-state index contributed by atoms with van der Waals surface area (Å²) in [5, 5.41) is 7.12. The van der Waals surface area contributed by atoms with Gasteiger partial charge in [0.2, 0.25) is 0 Å². The van der Waals surface area contributed by atoms with Crippen LogP contribution in [0.3, 0.4) is 0 Å². The van der Waals surface area contributed by atoms with Gasteiger partial charge in [0.25, 0.3) is 0 Å². The van der Waals surface area contributed by atoms with Crippen molar-refractivity contribution in [1.82, 2.24) is 0 Å². The molecule has 2 heteroatoms. The standard InChI is InChI=1S/C47H33NO/c1-47(2)40-17-9-7-15-37(40)38-24-23-36(29-41(38)47)48(35-22-21-31-12-4-6-14-33(31)28-35)42-25-26-44-46(39-16-8-10-18-43(39)49-44)45(42)34-20-19-30-11-3-5-13-32(30)27-34/h3-29H,1-2H3. The third kappa shape index (κ3) is 4.20. The molecule has 0 aliphatic heterocycles. The lowest BCUT2D eigenvalue weighted by Crippen LogP contribution is -2.17. The van der Waals surface area contributed by atoms with Gasteiger partial charge in [0.1, 0.15) is 11.2 Å². The molecule has 0 saturated carbocycles. The first-order valence-corrected chi connectivity index (χ1v) is 17.0. The van der Waals surface area contributed by atoms with Gasteiger partial charge in [-0.25, -0.2) is 0 Å². The lowest BCUT2D eigenvalue weighted by atomic mass is 9.82. The number of nitrogens with zero attached hydrogens (tertiary/aromatic N) is 1. The Balaban J connectivity index is 1.30. The fraction of sp³-hybridized carbons (Fsp3) is 0.0638. The summed E-state index contributed by atoms with van der Waals surface area (Å²) in [6, 6.07) is 59.6. The first kappa shape index (κ1) is 27.9. The SMILES string of the molecule is CC1(C)c2ccccc2-c2ccc(N(c3ccc4ccccc4c3)c3ccc4oc5ccccc5c4c3-c3ccc4ccccc4c3)cc21. The van der Waals surface area contributed by atoms with Crippen LogP contribution in [-0.2, 0) is 5.41 Å². The van der Waals surface area contributed by atoms with Crippen molar-refractivity contribution in [3.05, 3.63) is 175 Å². The highest BCUT2D eigenvalue weighted by Crippen LogP contribution is 2.52. The molecule has 9 aromatic rings. The minimum Gasteiger partial charge on any atom is -0.456 e. The van der Waals surface area contributed by atoms with Crippen molar-refractivity contribution in [3.8, 4) is 22.3 Å². The van der Waals surface area contributed by atoms with Gasteiger partial charge in [-0.2, -0.15) is 0 Å². The van der Waals surface area contributed by atoms with Gasteiger partial charge in [0, 0.05) is 33.1 Å². The largest absolute Gasteiger partial charge is 0.456 e. The molecule has 0 unspecified atom stereocenters. The molecule has 0 N–H and O–H groups in total. The molecular weight excluding hydrogens is 595 g/mol. The average Bonchev–Trinajstić information content (AvgIpc) is 3.63. The Morgan fingerprint density at radius 1 is 0.469 bits per heavy atom. The zero-order valence-electron chi connectivity index (χ0n) is 27.4. The number of hydrogen-bond acceptors (Lipinski definition) is 2. The lowest BCUT2D eigenvalue weighted by Gasteiger charge is -2.30. The quantitative estimate of drug-likeness (QED) is 0.193. The molecule has 49 heavy (non-hydrogen) atoms. The van der Waals surface area contributed by atoms with Crippen LogP contribution in [0.15, 0.2) is 168 Å². The summed E-state index contributed by atoms with van der Waals surface area (Å²) in [5.74, 6) is 0. The number of hydrogen-bond donors (Lipinski definition) is 0. The number of furan rings is 1. The minimum absolute atomic E-state index is 0.122. The van der Waals surface area contributed by atoms with Crippen molar-refractivity contribution < 1.29 is 4.42 Å². The molecular formula is C47H33NO. The summed E-state index contributed by atoms with van der Waals surface area (Å²) in [7, 11) is 0. The Hall–Kier alpha value is -6.12. The summed E-state index contributed by atoms with van der Waals surface area (Å²) in [4.78, 5) is 2.46. The highest BCUT2D eigenvalue weighted by molar-refractivity contribution is 6.17. The second kappa shape index (κ2) is 10.4. The molecule has 1 aliphatic carbocycles. The molecule has 0 spiro atoms. The van der Waals surface area contributed by atoms with E-state index in [1.807, 2.05) is 6.07 Å². The molecule has 1 heterocycles. The van der Waals surface area contributed by atoms with Gasteiger partial charge in [-0.1, -0.05) is 129 Å². The number of anilines is 3. The molecule has 8 aromatic carbocycles. The predicted octanol–water partition coefficient (Wildman–Crippen LogP) is 13.3. The van der Waals surface area contributed by atoms with Gasteiger partial charge in [-0.05, 0) is 97.9 Å². The van der Waals surface area contributed by atoms with Gasteiger partial charge in [-0.15, -0.1) is 0 Å². The number of benzene rings is 8. The van der Waals surface area contributed by atoms with Crippen LogP contribution in [0.4, 0.5) is 17.1 Å². The van der Waals surface area contributed by atoms with Crippen LogP contribution < -0.4 is 4.90 Å². The number of rotatable bonds is 4. The summed E-state index contributed by atoms with van der Waals surface area (Å²) in [6.07, 6.45) is 0. The first-order chi connectivity index (χ1) is 24.0. The molecule has 0 fully saturated rings. The van der Waals surface area contributed by atoms with Gasteiger partial charge >= 0.3 is 0 Å². The van der Waals surface area contributed by atoms with E-state index in [-0.39, 0.29) is 5.41 Å². The van der Waals surface area contributed by atoms with E-state index in [2.05, 4.69) is 176 Å². The van der Waals surface area contributed by atoms with Crippen molar-refractivity contribution >= 4 is 60.5 Å². The van der Waals surface area contributed by atoms with Crippen molar-refractivity contribution in [3.63, 3.8) is 0 Å². The second-order valence-corrected chi connectivity index (χ2v) is 13.8. The molecule has 2 nitrogen and oxygen atoms in total. The van der Waals surface area contributed by atoms with Crippen molar-refractivity contribution in [1.29, 1.82) is 0 Å². The van der Waals surface area contributed by atoms with Gasteiger partial charge in [0.05, 0.1) is 5.69 Å². The maximum atomic E-state index is 6.51. The van der Waals surface area contributed by atoms with E-state index in [1.165, 1.54) is 43.8 Å². The normalized spacial score (nSPS) is 13.3. The summed E-state index contributed by atoms with van der Waals surface area (Å²) in [5.41, 5.74) is 12.7. The zero-order valence-corrected chi connectivity index (χ0v) is 27.4. The maximum absolute atomic E-state index is 6.51. The van der Waals surface area contributed by atoms with E-state index in [0.717, 1.165) is 50.1 Å². The number of para-hydroxylation sites is 1. The highest BCUT2D eigenvalue weighted by Gasteiger charge is 2.36. The molecule has 0 amide bonds. The van der Waals surface area contributed by atoms with E-state index in [9.17, 15) is 0 Å². The van der Waals surface area contributed by atoms with Crippen LogP contribution in [0.5, 0.6) is 0 Å². The Morgan fingerprint density at radius 3 is 1.94 bits per heavy atom. The molecule has 232 valence electrons. The molecule has 10 rings (SSSR count). The molecule has 0 atom stereocenters. The Kier molecular flexibility index (Phi) is 5.95. The molecule has 0 radical (unpaired) electrons. The predicted molar refractivity (Wildman–Crippen MR) is 206 cm³/mol. The highest BCUT2D eigenvalue weighted by atomic mass is 16.3. The fourth-order valence-corrected chi connectivity index (χ4v) is 8.20. The van der Waals surface area contributed by atoms with Crippen LogP contribution in [0.2, 0.25) is 0 Å². The van der Waals surface area contributed by atoms with E-state index in [1.54, 1.807) is 0 Å². The number of fused-ring (bicyclic) bond motifs is 8. The van der Waals surface area contributed by atoms with Crippen LogP contribution in [-0.4, -0.2) is 0 Å². The molecule has 0 saturated heterocycles. The summed E-state index contributed by atoms with van der Waals surface area (Å²) >= 11 is 0.